The van der Waals surface area contributed by atoms with E-state index in [2.05, 4.69) is 0 Å². The van der Waals surface area contributed by atoms with Gasteiger partial charge in [-0.25, -0.2) is 0 Å². The van der Waals surface area contributed by atoms with Crippen molar-refractivity contribution in [3.8, 4) is 0 Å². The second-order valence-electron chi connectivity index (χ2n) is 4.78. The Balaban J connectivity index is 2.74. The third kappa shape index (κ3) is 4.47. The third-order valence-corrected chi connectivity index (χ3v) is 3.76. The van der Waals surface area contributed by atoms with E-state index in [-0.39, 0.29) is 11.9 Å². The van der Waals surface area contributed by atoms with Gasteiger partial charge in [0.25, 0.3) is 0 Å². The number of hydrogen-bond acceptors (Lipinski definition) is 3. The smallest absolute Gasteiger partial charge is 0.236 e. The highest BCUT2D eigenvalue weighted by molar-refractivity contribution is 6.30. The van der Waals surface area contributed by atoms with Gasteiger partial charge in [-0.15, -0.1) is 0 Å². The largest absolute Gasteiger partial charge is 0.342 e. The fourth-order valence-corrected chi connectivity index (χ4v) is 2.38. The first-order valence-electron chi connectivity index (χ1n) is 6.97. The Hall–Kier alpha value is -1.10. The zero-order valence-electron chi connectivity index (χ0n) is 12.5. The summed E-state index contributed by atoms with van der Waals surface area (Å²) >= 11 is 5.90. The van der Waals surface area contributed by atoms with Crippen molar-refractivity contribution in [2.75, 3.05) is 33.2 Å². The third-order valence-electron chi connectivity index (χ3n) is 3.51. The van der Waals surface area contributed by atoms with Gasteiger partial charge in [-0.05, 0) is 38.6 Å². The molecule has 0 aliphatic carbocycles. The van der Waals surface area contributed by atoms with Crippen molar-refractivity contribution >= 4 is 17.5 Å². The maximum atomic E-state index is 12.1. The van der Waals surface area contributed by atoms with Crippen LogP contribution in [-0.2, 0) is 4.79 Å². The van der Waals surface area contributed by atoms with Gasteiger partial charge in [0.15, 0.2) is 0 Å². The van der Waals surface area contributed by atoms with Crippen LogP contribution in [0.2, 0.25) is 5.02 Å². The Morgan fingerprint density at radius 2 is 1.80 bits per heavy atom. The molecule has 1 aromatic rings. The van der Waals surface area contributed by atoms with E-state index in [1.165, 1.54) is 0 Å². The Bertz CT molecular complexity index is 418. The van der Waals surface area contributed by atoms with Crippen molar-refractivity contribution < 1.29 is 4.79 Å². The van der Waals surface area contributed by atoms with Crippen LogP contribution in [0.25, 0.3) is 0 Å². The summed E-state index contributed by atoms with van der Waals surface area (Å²) in [5.74, 6) is 0.130. The van der Waals surface area contributed by atoms with Crippen LogP contribution in [0.1, 0.15) is 25.5 Å². The van der Waals surface area contributed by atoms with Crippen LogP contribution in [0.5, 0.6) is 0 Å². The molecule has 0 radical (unpaired) electrons. The van der Waals surface area contributed by atoms with Gasteiger partial charge in [0.2, 0.25) is 5.91 Å². The predicted molar refractivity (Wildman–Crippen MR) is 83.8 cm³/mol. The van der Waals surface area contributed by atoms with E-state index in [0.29, 0.717) is 18.1 Å². The molecule has 4 nitrogen and oxygen atoms in total. The van der Waals surface area contributed by atoms with Gasteiger partial charge in [0.1, 0.15) is 0 Å². The Morgan fingerprint density at radius 1 is 1.25 bits per heavy atom. The average Bonchev–Trinajstić information content (AvgIpc) is 2.43. The number of carbonyl (C=O) groups is 1. The first kappa shape index (κ1) is 17.0. The summed E-state index contributed by atoms with van der Waals surface area (Å²) in [7, 11) is 1.92. The molecule has 112 valence electrons. The highest BCUT2D eigenvalue weighted by Crippen LogP contribution is 2.20. The van der Waals surface area contributed by atoms with E-state index in [1.807, 2.05) is 55.0 Å². The standard InChI is InChI=1S/C15H24ClN3O/c1-4-19(5-2)15(20)11-18(3)14(10-17)12-6-8-13(16)9-7-12/h6-9,14H,4-5,10-11,17H2,1-3H3. The van der Waals surface area contributed by atoms with Gasteiger partial charge >= 0.3 is 0 Å². The van der Waals surface area contributed by atoms with Crippen molar-refractivity contribution in [3.05, 3.63) is 34.9 Å². The summed E-state index contributed by atoms with van der Waals surface area (Å²) in [6, 6.07) is 7.63. The molecule has 0 saturated heterocycles. The van der Waals surface area contributed by atoms with Crippen molar-refractivity contribution in [1.82, 2.24) is 9.80 Å². The lowest BCUT2D eigenvalue weighted by atomic mass is 10.1. The lowest BCUT2D eigenvalue weighted by molar-refractivity contribution is -0.132. The van der Waals surface area contributed by atoms with Gasteiger partial charge in [-0.2, -0.15) is 0 Å². The van der Waals surface area contributed by atoms with Gasteiger partial charge in [-0.3, -0.25) is 9.69 Å². The summed E-state index contributed by atoms with van der Waals surface area (Å²) in [4.78, 5) is 16.0. The number of halogens is 1. The van der Waals surface area contributed by atoms with Crippen LogP contribution in [0.15, 0.2) is 24.3 Å². The van der Waals surface area contributed by atoms with Crippen molar-refractivity contribution in [3.63, 3.8) is 0 Å². The summed E-state index contributed by atoms with van der Waals surface area (Å²) in [6.07, 6.45) is 0. The average molecular weight is 298 g/mol. The summed E-state index contributed by atoms with van der Waals surface area (Å²) in [6.45, 7) is 6.27. The number of benzene rings is 1. The molecular weight excluding hydrogens is 274 g/mol. The number of hydrogen-bond donors (Lipinski definition) is 1. The highest BCUT2D eigenvalue weighted by atomic mass is 35.5. The molecule has 0 bridgehead atoms. The number of amides is 1. The topological polar surface area (TPSA) is 49.6 Å². The second-order valence-corrected chi connectivity index (χ2v) is 5.22. The molecule has 0 aliphatic heterocycles. The van der Waals surface area contributed by atoms with Crippen molar-refractivity contribution in [1.29, 1.82) is 0 Å². The quantitative estimate of drug-likeness (QED) is 0.839. The molecule has 1 unspecified atom stereocenters. The number of rotatable bonds is 7. The highest BCUT2D eigenvalue weighted by Gasteiger charge is 2.20. The lowest BCUT2D eigenvalue weighted by Crippen LogP contribution is -2.41. The van der Waals surface area contributed by atoms with E-state index >= 15 is 0 Å². The second kappa shape index (κ2) is 8.25. The normalized spacial score (nSPS) is 12.5. The molecule has 0 saturated carbocycles. The molecule has 1 amide bonds. The number of nitrogens with two attached hydrogens (primary N) is 1. The Labute approximate surface area is 126 Å². The Morgan fingerprint density at radius 3 is 2.25 bits per heavy atom. The fourth-order valence-electron chi connectivity index (χ4n) is 2.26. The molecule has 0 fully saturated rings. The predicted octanol–water partition coefficient (Wildman–Crippen LogP) is 2.14. The summed E-state index contributed by atoms with van der Waals surface area (Å²) in [5.41, 5.74) is 6.94. The van der Waals surface area contributed by atoms with Crippen LogP contribution in [0.4, 0.5) is 0 Å². The van der Waals surface area contributed by atoms with Gasteiger partial charge in [0, 0.05) is 30.7 Å². The van der Waals surface area contributed by atoms with Crippen LogP contribution in [0, 0.1) is 0 Å². The molecule has 1 atom stereocenters. The number of nitrogens with zero attached hydrogens (tertiary/aromatic N) is 2. The number of likely N-dealkylation sites (N-methyl/N-ethyl adjacent to an activating group) is 2. The molecule has 1 rings (SSSR count). The maximum absolute atomic E-state index is 12.1. The maximum Gasteiger partial charge on any atom is 0.236 e. The zero-order valence-corrected chi connectivity index (χ0v) is 13.2. The summed E-state index contributed by atoms with van der Waals surface area (Å²) in [5, 5.41) is 0.700. The zero-order chi connectivity index (χ0) is 15.1. The van der Waals surface area contributed by atoms with E-state index in [4.69, 9.17) is 17.3 Å². The molecule has 0 aliphatic rings. The van der Waals surface area contributed by atoms with E-state index in [9.17, 15) is 4.79 Å². The lowest BCUT2D eigenvalue weighted by Gasteiger charge is -2.29. The first-order chi connectivity index (χ1) is 9.53. The molecule has 5 heteroatoms. The van der Waals surface area contributed by atoms with Crippen molar-refractivity contribution in [2.45, 2.75) is 19.9 Å². The van der Waals surface area contributed by atoms with E-state index in [0.717, 1.165) is 18.7 Å². The van der Waals surface area contributed by atoms with Crippen molar-refractivity contribution in [2.24, 2.45) is 5.73 Å². The van der Waals surface area contributed by atoms with Crippen LogP contribution in [-0.4, -0.2) is 48.9 Å². The Kier molecular flexibility index (Phi) is 6.99. The van der Waals surface area contributed by atoms with Crippen LogP contribution < -0.4 is 5.73 Å². The molecule has 0 aromatic heterocycles. The molecule has 2 N–H and O–H groups in total. The fraction of sp³-hybridized carbons (Fsp3) is 0.533. The van der Waals surface area contributed by atoms with E-state index < -0.39 is 0 Å². The monoisotopic (exact) mass is 297 g/mol. The summed E-state index contributed by atoms with van der Waals surface area (Å²) < 4.78 is 0. The first-order valence-corrected chi connectivity index (χ1v) is 7.34. The minimum absolute atomic E-state index is 0.0202. The molecule has 1 aromatic carbocycles. The molecular formula is C15H24ClN3O. The minimum atomic E-state index is 0.0202. The molecule has 0 spiro atoms. The minimum Gasteiger partial charge on any atom is -0.342 e. The molecule has 0 heterocycles. The van der Waals surface area contributed by atoms with Crippen LogP contribution >= 0.6 is 11.6 Å². The van der Waals surface area contributed by atoms with E-state index in [1.54, 1.807) is 0 Å². The van der Waals surface area contributed by atoms with Gasteiger partial charge < -0.3 is 10.6 Å². The SMILES string of the molecule is CCN(CC)C(=O)CN(C)C(CN)c1ccc(Cl)cc1. The molecule has 20 heavy (non-hydrogen) atoms. The number of carbonyl (C=O) groups excluding carboxylic acids is 1. The van der Waals surface area contributed by atoms with Crippen LogP contribution in [0.3, 0.4) is 0 Å². The van der Waals surface area contributed by atoms with Gasteiger partial charge in [0.05, 0.1) is 6.54 Å². The van der Waals surface area contributed by atoms with Gasteiger partial charge in [-0.1, -0.05) is 23.7 Å².